The Morgan fingerprint density at radius 1 is 1.00 bits per heavy atom. The van der Waals surface area contributed by atoms with E-state index in [0.717, 1.165) is 0 Å². The Kier molecular flexibility index (Phi) is 6.78. The van der Waals surface area contributed by atoms with Crippen molar-refractivity contribution in [2.45, 2.75) is 12.8 Å². The highest BCUT2D eigenvalue weighted by molar-refractivity contribution is 7.92. The van der Waals surface area contributed by atoms with E-state index in [-0.39, 0.29) is 42.4 Å². The van der Waals surface area contributed by atoms with Gasteiger partial charge < -0.3 is 4.85 Å². The van der Waals surface area contributed by atoms with Gasteiger partial charge in [0.2, 0.25) is 6.54 Å². The molecular weight excluding hydrogens is 264 g/mol. The molecule has 0 saturated heterocycles. The largest absolute Gasteiger partial charge is 0.316 e. The second kappa shape index (κ2) is 7.25. The van der Waals surface area contributed by atoms with Crippen LogP contribution in [0.3, 0.4) is 0 Å². The molecule has 0 aliphatic rings. The Bertz CT molecular complexity index is 460. The molecule has 0 saturated carbocycles. The maximum Gasteiger partial charge on any atom is 0.228 e. The predicted octanol–water partition coefficient (Wildman–Crippen LogP) is 0.0391. The van der Waals surface area contributed by atoms with E-state index in [1.807, 2.05) is 0 Å². The third kappa shape index (κ3) is 8.66. The van der Waals surface area contributed by atoms with Gasteiger partial charge in [0, 0.05) is 6.42 Å². The first-order chi connectivity index (χ1) is 7.83. The van der Waals surface area contributed by atoms with Crippen LogP contribution in [-0.4, -0.2) is 46.4 Å². The first kappa shape index (κ1) is 15.9. The third-order valence-electron chi connectivity index (χ3n) is 1.95. The van der Waals surface area contributed by atoms with Crippen molar-refractivity contribution in [2.24, 2.45) is 0 Å². The van der Waals surface area contributed by atoms with Crippen molar-refractivity contribution in [2.75, 3.05) is 29.6 Å². The van der Waals surface area contributed by atoms with Gasteiger partial charge in [-0.15, -0.1) is 0 Å². The summed E-state index contributed by atoms with van der Waals surface area (Å²) in [6.45, 7) is 6.38. The second-order valence-electron chi connectivity index (χ2n) is 3.45. The summed E-state index contributed by atoms with van der Waals surface area (Å²) >= 11 is 0. The Hall–Kier alpha value is -1.12. The van der Waals surface area contributed by atoms with E-state index >= 15 is 0 Å². The van der Waals surface area contributed by atoms with Crippen LogP contribution in [0.4, 0.5) is 0 Å². The maximum absolute atomic E-state index is 11.3. The monoisotopic (exact) mass is 278 g/mol. The van der Waals surface area contributed by atoms with Gasteiger partial charge in [-0.3, -0.25) is 0 Å². The van der Waals surface area contributed by atoms with Crippen molar-refractivity contribution < 1.29 is 16.8 Å². The SMILES string of the molecule is [C-]#[N+]CCS(=O)(=O)CCCS(=O)(=O)CCC#N. The summed E-state index contributed by atoms with van der Waals surface area (Å²) in [5.74, 6) is -0.916. The summed E-state index contributed by atoms with van der Waals surface area (Å²) in [7, 11) is -6.66. The van der Waals surface area contributed by atoms with Gasteiger partial charge in [-0.1, -0.05) is 0 Å². The molecule has 0 fully saturated rings. The van der Waals surface area contributed by atoms with Gasteiger partial charge in [-0.05, 0) is 6.42 Å². The number of hydrogen-bond acceptors (Lipinski definition) is 5. The number of nitriles is 1. The van der Waals surface area contributed by atoms with Gasteiger partial charge in [0.15, 0.2) is 19.7 Å². The number of nitrogens with zero attached hydrogens (tertiary/aromatic N) is 2. The van der Waals surface area contributed by atoms with Crippen LogP contribution in [0.1, 0.15) is 12.8 Å². The third-order valence-corrected chi connectivity index (χ3v) is 5.40. The van der Waals surface area contributed by atoms with Crippen molar-refractivity contribution in [3.05, 3.63) is 11.4 Å². The van der Waals surface area contributed by atoms with Crippen molar-refractivity contribution in [3.63, 3.8) is 0 Å². The van der Waals surface area contributed by atoms with Crippen molar-refractivity contribution in [1.29, 1.82) is 5.26 Å². The molecule has 17 heavy (non-hydrogen) atoms. The maximum atomic E-state index is 11.3. The predicted molar refractivity (Wildman–Crippen MR) is 63.6 cm³/mol. The Morgan fingerprint density at radius 2 is 1.53 bits per heavy atom. The van der Waals surface area contributed by atoms with E-state index < -0.39 is 19.7 Å². The van der Waals surface area contributed by atoms with Crippen LogP contribution in [0.2, 0.25) is 0 Å². The highest BCUT2D eigenvalue weighted by Crippen LogP contribution is 2.00. The van der Waals surface area contributed by atoms with Gasteiger partial charge in [0.05, 0.1) is 23.3 Å². The lowest BCUT2D eigenvalue weighted by molar-refractivity contribution is 0.590. The lowest BCUT2D eigenvalue weighted by atomic mass is 10.6. The van der Waals surface area contributed by atoms with E-state index in [2.05, 4.69) is 4.85 Å². The minimum absolute atomic E-state index is 0.0219. The number of hydrogen-bond donors (Lipinski definition) is 0. The molecule has 0 aromatic carbocycles. The van der Waals surface area contributed by atoms with Crippen LogP contribution in [0.15, 0.2) is 0 Å². The van der Waals surface area contributed by atoms with Crippen molar-refractivity contribution >= 4 is 19.7 Å². The molecule has 6 nitrogen and oxygen atoms in total. The number of sulfone groups is 2. The Labute approximate surface area is 102 Å². The molecule has 0 amide bonds. The molecule has 0 atom stereocenters. The summed E-state index contributed by atoms with van der Waals surface area (Å²) in [5.41, 5.74) is 0. The lowest BCUT2D eigenvalue weighted by Gasteiger charge is -2.02. The zero-order valence-electron chi connectivity index (χ0n) is 9.29. The lowest BCUT2D eigenvalue weighted by Crippen LogP contribution is -2.17. The molecule has 0 unspecified atom stereocenters. The molecule has 8 heteroatoms. The van der Waals surface area contributed by atoms with Crippen LogP contribution in [0.5, 0.6) is 0 Å². The van der Waals surface area contributed by atoms with Crippen LogP contribution in [0, 0.1) is 17.9 Å². The van der Waals surface area contributed by atoms with Crippen molar-refractivity contribution in [1.82, 2.24) is 0 Å². The van der Waals surface area contributed by atoms with Crippen LogP contribution in [0.25, 0.3) is 4.85 Å². The Morgan fingerprint density at radius 3 is 2.00 bits per heavy atom. The van der Waals surface area contributed by atoms with E-state index in [1.54, 1.807) is 6.07 Å². The molecule has 0 radical (unpaired) electrons. The molecule has 0 aromatic heterocycles. The number of rotatable bonds is 8. The zero-order valence-corrected chi connectivity index (χ0v) is 10.9. The quantitative estimate of drug-likeness (QED) is 0.584. The molecule has 0 aromatic rings. The second-order valence-corrected chi connectivity index (χ2v) is 8.05. The highest BCUT2D eigenvalue weighted by atomic mass is 32.2. The highest BCUT2D eigenvalue weighted by Gasteiger charge is 2.15. The molecule has 0 spiro atoms. The summed E-state index contributed by atoms with van der Waals surface area (Å²) < 4.78 is 45.2. The molecule has 0 bridgehead atoms. The van der Waals surface area contributed by atoms with Gasteiger partial charge >= 0.3 is 0 Å². The minimum Gasteiger partial charge on any atom is -0.316 e. The molecule has 96 valence electrons. The van der Waals surface area contributed by atoms with Crippen LogP contribution >= 0.6 is 0 Å². The fourth-order valence-corrected chi connectivity index (χ4v) is 3.62. The summed E-state index contributed by atoms with van der Waals surface area (Å²) in [6.07, 6.45) is -0.0547. The molecule has 0 rings (SSSR count). The molecule has 0 N–H and O–H groups in total. The topological polar surface area (TPSA) is 96.4 Å². The average molecular weight is 278 g/mol. The summed E-state index contributed by atoms with van der Waals surface area (Å²) in [5, 5.41) is 8.24. The minimum atomic E-state index is -3.33. The van der Waals surface area contributed by atoms with Gasteiger partial charge in [-0.25, -0.2) is 23.4 Å². The molecule has 0 heterocycles. The van der Waals surface area contributed by atoms with E-state index in [0.29, 0.717) is 0 Å². The van der Waals surface area contributed by atoms with Gasteiger partial charge in [0.25, 0.3) is 0 Å². The fraction of sp³-hybridized carbons (Fsp3) is 0.778. The Balaban J connectivity index is 4.08. The van der Waals surface area contributed by atoms with Gasteiger partial charge in [-0.2, -0.15) is 5.26 Å². The van der Waals surface area contributed by atoms with E-state index in [1.165, 1.54) is 0 Å². The van der Waals surface area contributed by atoms with E-state index in [9.17, 15) is 16.8 Å². The van der Waals surface area contributed by atoms with Gasteiger partial charge in [0.1, 0.15) is 5.75 Å². The smallest absolute Gasteiger partial charge is 0.228 e. The fourth-order valence-electron chi connectivity index (χ4n) is 1.09. The standard InChI is InChI=1S/C9H14N2O4S2/c1-11-5-9-17(14,15)8-3-7-16(12,13)6-2-4-10/h2-3,5-9H2. The summed E-state index contributed by atoms with van der Waals surface area (Å²) in [6, 6.07) is 1.73. The first-order valence-corrected chi connectivity index (χ1v) is 8.58. The average Bonchev–Trinajstić information content (AvgIpc) is 2.23. The molecule has 0 aliphatic carbocycles. The van der Waals surface area contributed by atoms with Crippen molar-refractivity contribution in [3.8, 4) is 6.07 Å². The first-order valence-electron chi connectivity index (χ1n) is 4.94. The van der Waals surface area contributed by atoms with Crippen LogP contribution < -0.4 is 0 Å². The van der Waals surface area contributed by atoms with E-state index in [4.69, 9.17) is 11.8 Å². The molecular formula is C9H14N2O4S2. The molecule has 0 aliphatic heterocycles. The summed E-state index contributed by atoms with van der Waals surface area (Å²) in [4.78, 5) is 2.93. The van der Waals surface area contributed by atoms with Crippen LogP contribution in [-0.2, 0) is 19.7 Å². The zero-order chi connectivity index (χ0) is 13.4. The normalized spacial score (nSPS) is 11.6.